The van der Waals surface area contributed by atoms with Crippen molar-refractivity contribution in [3.63, 3.8) is 0 Å². The van der Waals surface area contributed by atoms with Crippen LogP contribution in [0.25, 0.3) is 0 Å². The molecule has 0 saturated heterocycles. The molecule has 7 heteroatoms. The van der Waals surface area contributed by atoms with Crippen LogP contribution in [0.1, 0.15) is 28.4 Å². The summed E-state index contributed by atoms with van der Waals surface area (Å²) < 4.78 is 45.5. The number of esters is 1. The van der Waals surface area contributed by atoms with Gasteiger partial charge in [0.15, 0.2) is 0 Å². The Morgan fingerprint density at radius 2 is 2.05 bits per heavy atom. The Labute approximate surface area is 107 Å². The number of aryl methyl sites for hydroxylation is 1. The summed E-state index contributed by atoms with van der Waals surface area (Å²) in [6, 6.07) is 4.15. The summed E-state index contributed by atoms with van der Waals surface area (Å²) in [6.07, 6.45) is -4.96. The molecule has 0 atom stereocenters. The van der Waals surface area contributed by atoms with E-state index in [1.165, 1.54) is 26.0 Å². The van der Waals surface area contributed by atoms with Crippen molar-refractivity contribution in [2.45, 2.75) is 20.2 Å². The van der Waals surface area contributed by atoms with Crippen LogP contribution >= 0.6 is 0 Å². The standard InChI is InChI=1S/C12H10F3NO3/c1-3-18-11(17)9-8(6-16)5-4-7(2)10(9)19-12(13,14)15/h4-5H,3H2,1-2H3. The number of rotatable bonds is 3. The predicted molar refractivity (Wildman–Crippen MR) is 58.5 cm³/mol. The lowest BCUT2D eigenvalue weighted by Gasteiger charge is -2.15. The third kappa shape index (κ3) is 3.61. The van der Waals surface area contributed by atoms with Gasteiger partial charge in [-0.2, -0.15) is 5.26 Å². The third-order valence-corrected chi connectivity index (χ3v) is 2.17. The fourth-order valence-corrected chi connectivity index (χ4v) is 1.43. The van der Waals surface area contributed by atoms with Gasteiger partial charge in [0.2, 0.25) is 0 Å². The zero-order chi connectivity index (χ0) is 14.6. The fourth-order valence-electron chi connectivity index (χ4n) is 1.43. The molecule has 1 aromatic rings. The van der Waals surface area contributed by atoms with Crippen LogP contribution in [0.4, 0.5) is 13.2 Å². The van der Waals surface area contributed by atoms with Crippen LogP contribution in [0.5, 0.6) is 5.75 Å². The van der Waals surface area contributed by atoms with Crippen LogP contribution in [0.3, 0.4) is 0 Å². The van der Waals surface area contributed by atoms with Gasteiger partial charge in [-0.1, -0.05) is 6.07 Å². The summed E-state index contributed by atoms with van der Waals surface area (Å²) in [5, 5.41) is 8.85. The van der Waals surface area contributed by atoms with Crippen molar-refractivity contribution >= 4 is 5.97 Å². The minimum atomic E-state index is -4.96. The molecule has 0 unspecified atom stereocenters. The second kappa shape index (κ2) is 5.61. The number of carbonyl (C=O) groups is 1. The van der Waals surface area contributed by atoms with Crippen LogP contribution in [-0.2, 0) is 4.74 Å². The quantitative estimate of drug-likeness (QED) is 0.794. The number of nitrogens with zero attached hydrogens (tertiary/aromatic N) is 1. The van der Waals surface area contributed by atoms with Gasteiger partial charge in [-0.05, 0) is 25.5 Å². The molecule has 0 spiro atoms. The molecule has 0 heterocycles. The maximum Gasteiger partial charge on any atom is 0.573 e. The zero-order valence-corrected chi connectivity index (χ0v) is 10.2. The Morgan fingerprint density at radius 3 is 2.53 bits per heavy atom. The van der Waals surface area contributed by atoms with Crippen LogP contribution in [-0.4, -0.2) is 18.9 Å². The van der Waals surface area contributed by atoms with Crippen molar-refractivity contribution in [1.29, 1.82) is 5.26 Å². The van der Waals surface area contributed by atoms with Crippen molar-refractivity contribution in [2.75, 3.05) is 6.61 Å². The Balaban J connectivity index is 3.42. The molecule has 0 radical (unpaired) electrons. The van der Waals surface area contributed by atoms with Crippen molar-refractivity contribution in [1.82, 2.24) is 0 Å². The van der Waals surface area contributed by atoms with Crippen molar-refractivity contribution in [3.8, 4) is 11.8 Å². The second-order valence-corrected chi connectivity index (χ2v) is 3.51. The van der Waals surface area contributed by atoms with Gasteiger partial charge in [0, 0.05) is 0 Å². The van der Waals surface area contributed by atoms with E-state index in [0.29, 0.717) is 0 Å². The van der Waals surface area contributed by atoms with Gasteiger partial charge in [-0.3, -0.25) is 0 Å². The zero-order valence-electron chi connectivity index (χ0n) is 10.2. The van der Waals surface area contributed by atoms with E-state index < -0.39 is 23.6 Å². The highest BCUT2D eigenvalue weighted by Gasteiger charge is 2.35. The van der Waals surface area contributed by atoms with E-state index >= 15 is 0 Å². The Hall–Kier alpha value is -2.23. The first-order valence-electron chi connectivity index (χ1n) is 5.26. The number of halogens is 3. The first-order chi connectivity index (χ1) is 8.80. The molecule has 0 aliphatic heterocycles. The number of hydrogen-bond donors (Lipinski definition) is 0. The van der Waals surface area contributed by atoms with Crippen LogP contribution in [0, 0.1) is 18.3 Å². The van der Waals surface area contributed by atoms with Gasteiger partial charge in [0.05, 0.1) is 12.2 Å². The summed E-state index contributed by atoms with van der Waals surface area (Å²) in [5.74, 6) is -1.73. The first-order valence-corrected chi connectivity index (χ1v) is 5.26. The maximum atomic E-state index is 12.3. The molecule has 102 valence electrons. The highest BCUT2D eigenvalue weighted by atomic mass is 19.4. The number of carbonyl (C=O) groups excluding carboxylic acids is 1. The molecule has 1 aromatic carbocycles. The fraction of sp³-hybridized carbons (Fsp3) is 0.333. The molecule has 0 saturated carbocycles. The lowest BCUT2D eigenvalue weighted by atomic mass is 10.0. The van der Waals surface area contributed by atoms with Gasteiger partial charge in [-0.15, -0.1) is 13.2 Å². The number of nitriles is 1. The SMILES string of the molecule is CCOC(=O)c1c(C#N)ccc(C)c1OC(F)(F)F. The van der Waals surface area contributed by atoms with Crippen molar-refractivity contribution < 1.29 is 27.4 Å². The van der Waals surface area contributed by atoms with Crippen molar-refractivity contribution in [3.05, 3.63) is 28.8 Å². The summed E-state index contributed by atoms with van der Waals surface area (Å²) in [7, 11) is 0. The first kappa shape index (κ1) is 14.8. The largest absolute Gasteiger partial charge is 0.573 e. The number of ether oxygens (including phenoxy) is 2. The molecular weight excluding hydrogens is 263 g/mol. The van der Waals surface area contributed by atoms with Gasteiger partial charge >= 0.3 is 12.3 Å². The van der Waals surface area contributed by atoms with Gasteiger partial charge in [-0.25, -0.2) is 4.79 Å². The van der Waals surface area contributed by atoms with E-state index in [1.54, 1.807) is 6.07 Å². The lowest BCUT2D eigenvalue weighted by Crippen LogP contribution is -2.21. The summed E-state index contributed by atoms with van der Waals surface area (Å²) in [5.41, 5.74) is -0.663. The van der Waals surface area contributed by atoms with E-state index in [0.717, 1.165) is 0 Å². The van der Waals surface area contributed by atoms with E-state index in [9.17, 15) is 18.0 Å². The Bertz CT molecular complexity index is 532. The number of hydrogen-bond acceptors (Lipinski definition) is 4. The average molecular weight is 273 g/mol. The average Bonchev–Trinajstić information content (AvgIpc) is 2.30. The molecule has 0 N–H and O–H groups in total. The maximum absolute atomic E-state index is 12.3. The van der Waals surface area contributed by atoms with Crippen LogP contribution < -0.4 is 4.74 Å². The molecule has 1 rings (SSSR count). The number of benzene rings is 1. The molecule has 0 amide bonds. The monoisotopic (exact) mass is 273 g/mol. The molecule has 4 nitrogen and oxygen atoms in total. The molecule has 0 bridgehead atoms. The minimum Gasteiger partial charge on any atom is -0.462 e. The highest BCUT2D eigenvalue weighted by Crippen LogP contribution is 2.32. The predicted octanol–water partition coefficient (Wildman–Crippen LogP) is 2.94. The summed E-state index contributed by atoms with van der Waals surface area (Å²) >= 11 is 0. The van der Waals surface area contributed by atoms with E-state index in [2.05, 4.69) is 9.47 Å². The second-order valence-electron chi connectivity index (χ2n) is 3.51. The lowest BCUT2D eigenvalue weighted by molar-refractivity contribution is -0.275. The van der Waals surface area contributed by atoms with Gasteiger partial charge < -0.3 is 9.47 Å². The summed E-state index contributed by atoms with van der Waals surface area (Å²) in [6.45, 7) is 2.82. The Morgan fingerprint density at radius 1 is 1.42 bits per heavy atom. The van der Waals surface area contributed by atoms with Crippen LogP contribution in [0.2, 0.25) is 0 Å². The molecule has 0 aromatic heterocycles. The van der Waals surface area contributed by atoms with E-state index in [4.69, 9.17) is 5.26 Å². The number of alkyl halides is 3. The summed E-state index contributed by atoms with van der Waals surface area (Å²) in [4.78, 5) is 11.7. The molecule has 0 aliphatic carbocycles. The van der Waals surface area contributed by atoms with E-state index in [-0.39, 0.29) is 17.7 Å². The van der Waals surface area contributed by atoms with Gasteiger partial charge in [0.1, 0.15) is 17.4 Å². The van der Waals surface area contributed by atoms with Crippen LogP contribution in [0.15, 0.2) is 12.1 Å². The highest BCUT2D eigenvalue weighted by molar-refractivity contribution is 5.95. The molecule has 0 fully saturated rings. The topological polar surface area (TPSA) is 59.3 Å². The Kier molecular flexibility index (Phi) is 4.38. The minimum absolute atomic E-state index is 0.0247. The smallest absolute Gasteiger partial charge is 0.462 e. The van der Waals surface area contributed by atoms with Crippen molar-refractivity contribution in [2.24, 2.45) is 0 Å². The normalized spacial score (nSPS) is 10.7. The van der Waals surface area contributed by atoms with Gasteiger partial charge in [0.25, 0.3) is 0 Å². The molecule has 19 heavy (non-hydrogen) atoms. The third-order valence-electron chi connectivity index (χ3n) is 2.17. The molecular formula is C12H10F3NO3. The molecule has 0 aliphatic rings. The van der Waals surface area contributed by atoms with E-state index in [1.807, 2.05) is 0 Å².